The van der Waals surface area contributed by atoms with E-state index in [1.165, 1.54) is 0 Å². The third-order valence-corrected chi connectivity index (χ3v) is 3.40. The zero-order chi connectivity index (χ0) is 15.8. The van der Waals surface area contributed by atoms with Gasteiger partial charge in [0.1, 0.15) is 12.0 Å². The average Bonchev–Trinajstić information content (AvgIpc) is 2.51. The maximum absolute atomic E-state index is 9.69. The van der Waals surface area contributed by atoms with Crippen molar-refractivity contribution in [2.75, 3.05) is 0 Å². The number of aryl methyl sites for hydroxylation is 2. The van der Waals surface area contributed by atoms with E-state index in [0.717, 1.165) is 29.5 Å². The number of phenols is 1. The van der Waals surface area contributed by atoms with Crippen molar-refractivity contribution in [3.63, 3.8) is 0 Å². The van der Waals surface area contributed by atoms with Crippen molar-refractivity contribution < 1.29 is 10.2 Å². The van der Waals surface area contributed by atoms with Crippen LogP contribution in [0.2, 0.25) is 0 Å². The second-order valence-electron chi connectivity index (χ2n) is 5.24. The summed E-state index contributed by atoms with van der Waals surface area (Å²) in [6.07, 6.45) is 1.95. The number of benzene rings is 2. The van der Waals surface area contributed by atoms with Gasteiger partial charge in [0.05, 0.1) is 0 Å². The minimum Gasteiger partial charge on any atom is -0.508 e. The number of phenolic OH excluding ortho intramolecular Hbond substituents is 1. The van der Waals surface area contributed by atoms with Gasteiger partial charge in [-0.2, -0.15) is 0 Å². The van der Waals surface area contributed by atoms with Crippen molar-refractivity contribution in [3.8, 4) is 17.6 Å². The third kappa shape index (κ3) is 5.25. The van der Waals surface area contributed by atoms with Crippen LogP contribution in [0.25, 0.3) is 0 Å². The standard InChI is InChI=1S/C19H21NO2/c20-19(22)13-12-16-8-5-7-15(14-16)6-1-2-9-17-10-3-4-11-18(17)21/h3-5,7-8,10-11,14,19,21-22H,2,9,12-13,20H2. The van der Waals surface area contributed by atoms with Gasteiger partial charge in [0.15, 0.2) is 0 Å². The van der Waals surface area contributed by atoms with E-state index in [1.807, 2.05) is 42.5 Å². The summed E-state index contributed by atoms with van der Waals surface area (Å²) in [6, 6.07) is 15.3. The molecule has 0 aliphatic carbocycles. The van der Waals surface area contributed by atoms with Gasteiger partial charge in [-0.1, -0.05) is 42.2 Å². The minimum absolute atomic E-state index is 0.326. The van der Waals surface area contributed by atoms with Crippen LogP contribution in [0.5, 0.6) is 5.75 Å². The molecule has 22 heavy (non-hydrogen) atoms. The molecule has 3 nitrogen and oxygen atoms in total. The number of aromatic hydroxyl groups is 1. The van der Waals surface area contributed by atoms with Crippen LogP contribution in [0, 0.1) is 11.8 Å². The van der Waals surface area contributed by atoms with Gasteiger partial charge in [-0.3, -0.25) is 0 Å². The summed E-state index contributed by atoms with van der Waals surface area (Å²) in [4.78, 5) is 0. The maximum atomic E-state index is 9.69. The molecule has 0 aliphatic heterocycles. The molecule has 1 atom stereocenters. The van der Waals surface area contributed by atoms with Gasteiger partial charge in [0.2, 0.25) is 0 Å². The van der Waals surface area contributed by atoms with Gasteiger partial charge >= 0.3 is 0 Å². The lowest BCUT2D eigenvalue weighted by Crippen LogP contribution is -2.19. The Morgan fingerprint density at radius 3 is 2.64 bits per heavy atom. The predicted octanol–water partition coefficient (Wildman–Crippen LogP) is 2.59. The van der Waals surface area contributed by atoms with Crippen LogP contribution in [0.3, 0.4) is 0 Å². The maximum Gasteiger partial charge on any atom is 0.118 e. The van der Waals surface area contributed by atoms with E-state index in [1.54, 1.807) is 6.07 Å². The van der Waals surface area contributed by atoms with Gasteiger partial charge in [-0.25, -0.2) is 0 Å². The quantitative estimate of drug-likeness (QED) is 0.587. The summed E-state index contributed by atoms with van der Waals surface area (Å²) in [6.45, 7) is 0. The lowest BCUT2D eigenvalue weighted by atomic mass is 10.1. The Bertz CT molecular complexity index is 668. The van der Waals surface area contributed by atoms with Crippen molar-refractivity contribution in [1.82, 2.24) is 0 Å². The molecule has 0 radical (unpaired) electrons. The largest absolute Gasteiger partial charge is 0.508 e. The fourth-order valence-corrected chi connectivity index (χ4v) is 2.20. The first kappa shape index (κ1) is 16.1. The summed E-state index contributed by atoms with van der Waals surface area (Å²) in [5.74, 6) is 6.60. The molecule has 114 valence electrons. The van der Waals surface area contributed by atoms with Crippen LogP contribution in [-0.4, -0.2) is 16.4 Å². The highest BCUT2D eigenvalue weighted by molar-refractivity contribution is 5.38. The van der Waals surface area contributed by atoms with Crippen molar-refractivity contribution in [2.24, 2.45) is 5.73 Å². The van der Waals surface area contributed by atoms with Crippen LogP contribution in [0.1, 0.15) is 29.5 Å². The molecule has 0 bridgehead atoms. The molecule has 0 aliphatic rings. The van der Waals surface area contributed by atoms with E-state index in [2.05, 4.69) is 11.8 Å². The molecule has 2 aromatic carbocycles. The van der Waals surface area contributed by atoms with Crippen LogP contribution >= 0.6 is 0 Å². The molecule has 0 heterocycles. The third-order valence-electron chi connectivity index (χ3n) is 3.40. The zero-order valence-corrected chi connectivity index (χ0v) is 12.5. The van der Waals surface area contributed by atoms with Crippen LogP contribution in [0.4, 0.5) is 0 Å². The Balaban J connectivity index is 1.91. The topological polar surface area (TPSA) is 66.5 Å². The van der Waals surface area contributed by atoms with Crippen molar-refractivity contribution in [3.05, 3.63) is 65.2 Å². The number of hydrogen-bond acceptors (Lipinski definition) is 3. The summed E-state index contributed by atoms with van der Waals surface area (Å²) >= 11 is 0. The van der Waals surface area contributed by atoms with Gasteiger partial charge in [-0.05, 0) is 48.6 Å². The van der Waals surface area contributed by atoms with E-state index < -0.39 is 6.23 Å². The van der Waals surface area contributed by atoms with Crippen molar-refractivity contribution in [1.29, 1.82) is 0 Å². The molecule has 2 aromatic rings. The summed E-state index contributed by atoms with van der Waals surface area (Å²) in [7, 11) is 0. The number of hydrogen-bond donors (Lipinski definition) is 3. The second kappa shape index (κ2) is 8.23. The summed E-state index contributed by atoms with van der Waals surface area (Å²) in [5, 5.41) is 18.8. The summed E-state index contributed by atoms with van der Waals surface area (Å²) < 4.78 is 0. The Hall–Kier alpha value is -2.28. The number of para-hydroxylation sites is 1. The molecule has 0 fully saturated rings. The monoisotopic (exact) mass is 295 g/mol. The van der Waals surface area contributed by atoms with Gasteiger partial charge < -0.3 is 15.9 Å². The highest BCUT2D eigenvalue weighted by Crippen LogP contribution is 2.16. The van der Waals surface area contributed by atoms with Crippen molar-refractivity contribution >= 4 is 0 Å². The fourth-order valence-electron chi connectivity index (χ4n) is 2.20. The Kier molecular flexibility index (Phi) is 6.02. The van der Waals surface area contributed by atoms with E-state index >= 15 is 0 Å². The lowest BCUT2D eigenvalue weighted by Gasteiger charge is -2.04. The Labute approximate surface area is 131 Å². The molecule has 2 rings (SSSR count). The zero-order valence-electron chi connectivity index (χ0n) is 12.5. The second-order valence-corrected chi connectivity index (χ2v) is 5.24. The molecule has 4 N–H and O–H groups in total. The van der Waals surface area contributed by atoms with Crippen molar-refractivity contribution in [2.45, 2.75) is 31.9 Å². The predicted molar refractivity (Wildman–Crippen MR) is 88.3 cm³/mol. The molecule has 0 spiro atoms. The van der Waals surface area contributed by atoms with E-state index in [9.17, 15) is 5.11 Å². The highest BCUT2D eigenvalue weighted by Gasteiger charge is 1.99. The average molecular weight is 295 g/mol. The SMILES string of the molecule is NC(O)CCc1cccc(C#CCCc2ccccc2O)c1. The van der Waals surface area contributed by atoms with Gasteiger partial charge in [0.25, 0.3) is 0 Å². The molecule has 0 saturated carbocycles. The number of rotatable bonds is 5. The van der Waals surface area contributed by atoms with Gasteiger partial charge in [-0.15, -0.1) is 0 Å². The smallest absolute Gasteiger partial charge is 0.118 e. The molecule has 0 saturated heterocycles. The molecular formula is C19H21NO2. The fraction of sp³-hybridized carbons (Fsp3) is 0.263. The number of nitrogens with two attached hydrogens (primary N) is 1. The van der Waals surface area contributed by atoms with E-state index in [4.69, 9.17) is 10.8 Å². The molecule has 0 aromatic heterocycles. The normalized spacial score (nSPS) is 11.5. The first-order valence-corrected chi connectivity index (χ1v) is 7.43. The Morgan fingerprint density at radius 2 is 1.86 bits per heavy atom. The minimum atomic E-state index is -0.770. The molecule has 0 amide bonds. The summed E-state index contributed by atoms with van der Waals surface area (Å²) in [5.41, 5.74) is 8.35. The first-order valence-electron chi connectivity index (χ1n) is 7.43. The molecule has 3 heteroatoms. The van der Waals surface area contributed by atoms with Crippen LogP contribution in [0.15, 0.2) is 48.5 Å². The first-order chi connectivity index (χ1) is 10.6. The lowest BCUT2D eigenvalue weighted by molar-refractivity contribution is 0.172. The molecular weight excluding hydrogens is 274 g/mol. The van der Waals surface area contributed by atoms with E-state index in [-0.39, 0.29) is 0 Å². The number of aliphatic hydroxyl groups excluding tert-OH is 1. The highest BCUT2D eigenvalue weighted by atomic mass is 16.3. The Morgan fingerprint density at radius 1 is 1.05 bits per heavy atom. The van der Waals surface area contributed by atoms with Crippen LogP contribution in [-0.2, 0) is 12.8 Å². The number of aliphatic hydroxyl groups is 1. The van der Waals surface area contributed by atoms with Crippen LogP contribution < -0.4 is 5.73 Å². The van der Waals surface area contributed by atoms with Gasteiger partial charge in [0, 0.05) is 12.0 Å². The molecule has 1 unspecified atom stereocenters. The van der Waals surface area contributed by atoms with E-state index in [0.29, 0.717) is 18.6 Å².